The zero-order valence-electron chi connectivity index (χ0n) is 11.8. The normalized spacial score (nSPS) is 14.4. The summed E-state index contributed by atoms with van der Waals surface area (Å²) in [5.41, 5.74) is 1.47. The van der Waals surface area contributed by atoms with E-state index in [0.717, 1.165) is 27.3 Å². The molecule has 1 aliphatic heterocycles. The molecular weight excluding hydrogens is 364 g/mol. The highest BCUT2D eigenvalue weighted by Gasteiger charge is 2.21. The van der Waals surface area contributed by atoms with E-state index in [4.69, 9.17) is 0 Å². The van der Waals surface area contributed by atoms with Crippen molar-refractivity contribution in [2.45, 2.75) is 19.4 Å². The minimum atomic E-state index is -0.108. The zero-order valence-corrected chi connectivity index (χ0v) is 14.2. The van der Waals surface area contributed by atoms with Gasteiger partial charge in [-0.15, -0.1) is 11.3 Å². The molecule has 1 aliphatic rings. The number of hydrogen-bond donors (Lipinski definition) is 1. The Labute approximate surface area is 141 Å². The van der Waals surface area contributed by atoms with Gasteiger partial charge in [-0.3, -0.25) is 9.59 Å². The van der Waals surface area contributed by atoms with Crippen LogP contribution in [0.15, 0.2) is 40.2 Å². The average molecular weight is 379 g/mol. The summed E-state index contributed by atoms with van der Waals surface area (Å²) in [5, 5.41) is 2.90. The number of thiophene rings is 1. The third-order valence-corrected chi connectivity index (χ3v) is 5.19. The third kappa shape index (κ3) is 3.39. The van der Waals surface area contributed by atoms with Crippen molar-refractivity contribution in [2.24, 2.45) is 0 Å². The van der Waals surface area contributed by atoms with Crippen molar-refractivity contribution < 1.29 is 9.59 Å². The van der Waals surface area contributed by atoms with E-state index >= 15 is 0 Å². The fourth-order valence-electron chi connectivity index (χ4n) is 2.43. The largest absolute Gasteiger partial charge is 0.347 e. The van der Waals surface area contributed by atoms with Gasteiger partial charge in [0.1, 0.15) is 0 Å². The second-order valence-corrected chi connectivity index (χ2v) is 7.63. The van der Waals surface area contributed by atoms with Crippen molar-refractivity contribution in [3.8, 4) is 0 Å². The monoisotopic (exact) mass is 378 g/mol. The van der Waals surface area contributed by atoms with Crippen molar-refractivity contribution in [3.63, 3.8) is 0 Å². The summed E-state index contributed by atoms with van der Waals surface area (Å²) in [5.74, 6) is 0.0456. The second-order valence-electron chi connectivity index (χ2n) is 5.08. The van der Waals surface area contributed by atoms with Crippen LogP contribution >= 0.6 is 27.3 Å². The molecule has 2 aromatic rings. The van der Waals surface area contributed by atoms with Gasteiger partial charge in [-0.25, -0.2) is 0 Å². The number of carbonyl (C=O) groups is 2. The van der Waals surface area contributed by atoms with Crippen molar-refractivity contribution in [2.75, 3.05) is 11.4 Å². The van der Waals surface area contributed by atoms with Gasteiger partial charge in [0.2, 0.25) is 5.91 Å². The van der Waals surface area contributed by atoms with Crippen LogP contribution in [0.25, 0.3) is 0 Å². The Morgan fingerprint density at radius 2 is 2.00 bits per heavy atom. The number of nitrogens with one attached hydrogen (secondary N) is 1. The molecule has 0 radical (unpaired) electrons. The molecule has 22 heavy (non-hydrogen) atoms. The lowest BCUT2D eigenvalue weighted by Crippen LogP contribution is -2.24. The predicted octanol–water partition coefficient (Wildman–Crippen LogP) is 3.57. The molecule has 0 bridgehead atoms. The number of rotatable bonds is 4. The van der Waals surface area contributed by atoms with Crippen molar-refractivity contribution in [3.05, 3.63) is 50.6 Å². The molecule has 1 aromatic heterocycles. The second kappa shape index (κ2) is 6.62. The molecule has 0 aliphatic carbocycles. The molecular formula is C16H15BrN2O2S. The van der Waals surface area contributed by atoms with E-state index in [9.17, 15) is 9.59 Å². The molecule has 2 amide bonds. The first kappa shape index (κ1) is 15.2. The van der Waals surface area contributed by atoms with E-state index in [1.807, 2.05) is 24.3 Å². The number of hydrogen-bond acceptors (Lipinski definition) is 3. The van der Waals surface area contributed by atoms with Crippen LogP contribution in [0.2, 0.25) is 0 Å². The molecule has 1 saturated heterocycles. The van der Waals surface area contributed by atoms with Gasteiger partial charge in [0, 0.05) is 29.1 Å². The van der Waals surface area contributed by atoms with Crippen LogP contribution in [-0.2, 0) is 11.3 Å². The van der Waals surface area contributed by atoms with Gasteiger partial charge >= 0.3 is 0 Å². The molecule has 1 aromatic carbocycles. The Balaban J connectivity index is 1.62. The maximum Gasteiger partial charge on any atom is 0.251 e. The van der Waals surface area contributed by atoms with Crippen LogP contribution in [0.1, 0.15) is 28.1 Å². The number of carbonyl (C=O) groups excluding carboxylic acids is 2. The molecule has 3 rings (SSSR count). The summed E-state index contributed by atoms with van der Waals surface area (Å²) in [6.07, 6.45) is 1.51. The summed E-state index contributed by atoms with van der Waals surface area (Å²) in [7, 11) is 0. The SMILES string of the molecule is O=C(NCc1ccc(Br)s1)c1ccc(N2CCCC2=O)cc1. The molecule has 0 atom stereocenters. The summed E-state index contributed by atoms with van der Waals surface area (Å²) in [6.45, 7) is 1.28. The molecule has 1 fully saturated rings. The lowest BCUT2D eigenvalue weighted by Gasteiger charge is -2.15. The summed E-state index contributed by atoms with van der Waals surface area (Å²) < 4.78 is 1.05. The van der Waals surface area contributed by atoms with E-state index in [2.05, 4.69) is 21.2 Å². The van der Waals surface area contributed by atoms with Crippen LogP contribution < -0.4 is 10.2 Å². The highest BCUT2D eigenvalue weighted by molar-refractivity contribution is 9.11. The Hall–Kier alpha value is -1.66. The highest BCUT2D eigenvalue weighted by atomic mass is 79.9. The van der Waals surface area contributed by atoms with Crippen LogP contribution in [0, 0.1) is 0 Å². The van der Waals surface area contributed by atoms with Gasteiger partial charge in [0.15, 0.2) is 0 Å². The molecule has 0 spiro atoms. The Morgan fingerprint density at radius 3 is 2.59 bits per heavy atom. The minimum absolute atomic E-state index is 0.108. The Bertz CT molecular complexity index is 696. The first-order valence-corrected chi connectivity index (χ1v) is 8.67. The number of amides is 2. The molecule has 4 nitrogen and oxygen atoms in total. The fourth-order valence-corrected chi connectivity index (χ4v) is 3.85. The van der Waals surface area contributed by atoms with Gasteiger partial charge in [-0.05, 0) is 58.7 Å². The third-order valence-electron chi connectivity index (χ3n) is 3.57. The van der Waals surface area contributed by atoms with Crippen molar-refractivity contribution in [1.82, 2.24) is 5.32 Å². The van der Waals surface area contributed by atoms with Crippen LogP contribution in [0.4, 0.5) is 5.69 Å². The van der Waals surface area contributed by atoms with Gasteiger partial charge < -0.3 is 10.2 Å². The first-order chi connectivity index (χ1) is 10.6. The van der Waals surface area contributed by atoms with Gasteiger partial charge in [-0.1, -0.05) is 0 Å². The van der Waals surface area contributed by atoms with Crippen LogP contribution in [0.3, 0.4) is 0 Å². The molecule has 2 heterocycles. The number of anilines is 1. The molecule has 6 heteroatoms. The standard InChI is InChI=1S/C16H15BrN2O2S/c17-14-8-7-13(22-14)10-18-16(21)11-3-5-12(6-4-11)19-9-1-2-15(19)20/h3-8H,1-2,9-10H2,(H,18,21). The van der Waals surface area contributed by atoms with E-state index < -0.39 is 0 Å². The average Bonchev–Trinajstić information content (AvgIpc) is 3.13. The quantitative estimate of drug-likeness (QED) is 0.883. The van der Waals surface area contributed by atoms with Gasteiger partial charge in [0.05, 0.1) is 10.3 Å². The van der Waals surface area contributed by atoms with E-state index in [-0.39, 0.29) is 11.8 Å². The molecule has 0 saturated carbocycles. The Kier molecular flexibility index (Phi) is 4.59. The molecule has 0 unspecified atom stereocenters. The first-order valence-electron chi connectivity index (χ1n) is 7.06. The molecule has 1 N–H and O–H groups in total. The predicted molar refractivity (Wildman–Crippen MR) is 91.2 cm³/mol. The Morgan fingerprint density at radius 1 is 1.23 bits per heavy atom. The summed E-state index contributed by atoms with van der Waals surface area (Å²) in [4.78, 5) is 26.7. The van der Waals surface area contributed by atoms with Crippen molar-refractivity contribution >= 4 is 44.8 Å². The fraction of sp³-hybridized carbons (Fsp3) is 0.250. The lowest BCUT2D eigenvalue weighted by molar-refractivity contribution is -0.117. The lowest BCUT2D eigenvalue weighted by atomic mass is 10.2. The number of halogens is 1. The van der Waals surface area contributed by atoms with E-state index in [1.54, 1.807) is 28.4 Å². The van der Waals surface area contributed by atoms with E-state index in [1.165, 1.54) is 0 Å². The topological polar surface area (TPSA) is 49.4 Å². The maximum atomic E-state index is 12.1. The number of nitrogens with zero attached hydrogens (tertiary/aromatic N) is 1. The summed E-state index contributed by atoms with van der Waals surface area (Å²) >= 11 is 5.00. The minimum Gasteiger partial charge on any atom is -0.347 e. The molecule has 114 valence electrons. The smallest absolute Gasteiger partial charge is 0.251 e. The van der Waals surface area contributed by atoms with E-state index in [0.29, 0.717) is 18.5 Å². The van der Waals surface area contributed by atoms with Crippen LogP contribution in [0.5, 0.6) is 0 Å². The highest BCUT2D eigenvalue weighted by Crippen LogP contribution is 2.23. The maximum absolute atomic E-state index is 12.1. The number of benzene rings is 1. The van der Waals surface area contributed by atoms with Crippen molar-refractivity contribution in [1.29, 1.82) is 0 Å². The van der Waals surface area contributed by atoms with Gasteiger partial charge in [-0.2, -0.15) is 0 Å². The summed E-state index contributed by atoms with van der Waals surface area (Å²) in [6, 6.07) is 11.1. The zero-order chi connectivity index (χ0) is 15.5. The van der Waals surface area contributed by atoms with Gasteiger partial charge in [0.25, 0.3) is 5.91 Å². The van der Waals surface area contributed by atoms with Crippen LogP contribution in [-0.4, -0.2) is 18.4 Å².